The maximum Gasteiger partial charge on any atom is 0.225 e. The van der Waals surface area contributed by atoms with Crippen LogP contribution in [0.3, 0.4) is 0 Å². The van der Waals surface area contributed by atoms with E-state index >= 15 is 0 Å². The van der Waals surface area contributed by atoms with Gasteiger partial charge in [-0.3, -0.25) is 4.90 Å². The highest BCUT2D eigenvalue weighted by Crippen LogP contribution is 2.22. The molecule has 0 bridgehead atoms. The Kier molecular flexibility index (Phi) is 3.89. The van der Waals surface area contributed by atoms with Gasteiger partial charge in [-0.25, -0.2) is 9.97 Å². The fourth-order valence-electron chi connectivity index (χ4n) is 3.11. The Bertz CT molecular complexity index is 473. The van der Waals surface area contributed by atoms with Gasteiger partial charge in [-0.15, -0.1) is 0 Å². The third kappa shape index (κ3) is 2.79. The molecule has 5 nitrogen and oxygen atoms in total. The molecule has 1 fully saturated rings. The summed E-state index contributed by atoms with van der Waals surface area (Å²) in [4.78, 5) is 14.1. The molecule has 0 spiro atoms. The number of hydrogen-bond donors (Lipinski definition) is 1. The molecule has 0 saturated carbocycles. The smallest absolute Gasteiger partial charge is 0.225 e. The summed E-state index contributed by atoms with van der Waals surface area (Å²) < 4.78 is 0. The van der Waals surface area contributed by atoms with Crippen molar-refractivity contribution >= 4 is 5.95 Å². The maximum absolute atomic E-state index is 6.05. The standard InChI is InChI=1S/C15H25N5/c1-11(2)19-7-5-14-12(9-19)8-17-15(18-14)20-6-3-4-13(16)10-20/h8,11,13H,3-7,9-10,16H2,1-2H3. The van der Waals surface area contributed by atoms with E-state index in [0.29, 0.717) is 6.04 Å². The molecule has 2 aliphatic rings. The van der Waals surface area contributed by atoms with Crippen LogP contribution in [0.1, 0.15) is 37.9 Å². The number of nitrogens with zero attached hydrogens (tertiary/aromatic N) is 4. The second kappa shape index (κ2) is 5.66. The molecule has 3 heterocycles. The topological polar surface area (TPSA) is 58.3 Å². The Balaban J connectivity index is 1.77. The molecule has 2 aliphatic heterocycles. The Hall–Kier alpha value is -1.20. The lowest BCUT2D eigenvalue weighted by Gasteiger charge is -2.33. The summed E-state index contributed by atoms with van der Waals surface area (Å²) in [7, 11) is 0. The molecule has 0 aliphatic carbocycles. The normalized spacial score (nSPS) is 24.0. The molecular weight excluding hydrogens is 250 g/mol. The monoisotopic (exact) mass is 275 g/mol. The lowest BCUT2D eigenvalue weighted by Crippen LogP contribution is -2.44. The SMILES string of the molecule is CC(C)N1CCc2nc(N3CCCC(N)C3)ncc2C1. The molecule has 1 aromatic heterocycles. The molecule has 20 heavy (non-hydrogen) atoms. The van der Waals surface area contributed by atoms with Crippen LogP contribution in [0.5, 0.6) is 0 Å². The van der Waals surface area contributed by atoms with Crippen LogP contribution in [0.4, 0.5) is 5.95 Å². The molecule has 2 N–H and O–H groups in total. The van der Waals surface area contributed by atoms with Gasteiger partial charge < -0.3 is 10.6 Å². The predicted molar refractivity (Wildman–Crippen MR) is 80.7 cm³/mol. The van der Waals surface area contributed by atoms with Crippen LogP contribution in [-0.4, -0.2) is 46.6 Å². The Labute approximate surface area is 121 Å². The largest absolute Gasteiger partial charge is 0.339 e. The summed E-state index contributed by atoms with van der Waals surface area (Å²) >= 11 is 0. The van der Waals surface area contributed by atoms with Crippen molar-refractivity contribution in [1.82, 2.24) is 14.9 Å². The Morgan fingerprint density at radius 3 is 2.95 bits per heavy atom. The van der Waals surface area contributed by atoms with Crippen molar-refractivity contribution in [3.05, 3.63) is 17.5 Å². The van der Waals surface area contributed by atoms with E-state index < -0.39 is 0 Å². The van der Waals surface area contributed by atoms with E-state index in [1.54, 1.807) is 0 Å². The fourth-order valence-corrected chi connectivity index (χ4v) is 3.11. The van der Waals surface area contributed by atoms with E-state index in [2.05, 4.69) is 28.6 Å². The second-order valence-corrected chi connectivity index (χ2v) is 6.30. The quantitative estimate of drug-likeness (QED) is 0.878. The van der Waals surface area contributed by atoms with Gasteiger partial charge in [0.2, 0.25) is 5.95 Å². The Morgan fingerprint density at radius 1 is 1.35 bits per heavy atom. The molecule has 0 aromatic carbocycles. The Morgan fingerprint density at radius 2 is 2.20 bits per heavy atom. The van der Waals surface area contributed by atoms with Crippen molar-refractivity contribution in [2.45, 2.75) is 51.7 Å². The zero-order valence-electron chi connectivity index (χ0n) is 12.5. The zero-order valence-corrected chi connectivity index (χ0v) is 12.5. The highest BCUT2D eigenvalue weighted by molar-refractivity contribution is 5.35. The third-order valence-corrected chi connectivity index (χ3v) is 4.42. The first kappa shape index (κ1) is 13.8. The molecule has 0 radical (unpaired) electrons. The van der Waals surface area contributed by atoms with Gasteiger partial charge in [0.15, 0.2) is 0 Å². The second-order valence-electron chi connectivity index (χ2n) is 6.30. The number of anilines is 1. The minimum atomic E-state index is 0.264. The van der Waals surface area contributed by atoms with Gasteiger partial charge in [0.1, 0.15) is 0 Å². The van der Waals surface area contributed by atoms with E-state index in [1.807, 2.05) is 6.20 Å². The van der Waals surface area contributed by atoms with Gasteiger partial charge in [-0.1, -0.05) is 0 Å². The molecule has 5 heteroatoms. The van der Waals surface area contributed by atoms with E-state index in [-0.39, 0.29) is 6.04 Å². The van der Waals surface area contributed by atoms with E-state index in [4.69, 9.17) is 10.7 Å². The number of aromatic nitrogens is 2. The summed E-state index contributed by atoms with van der Waals surface area (Å²) in [6, 6.07) is 0.850. The first-order chi connectivity index (χ1) is 9.63. The summed E-state index contributed by atoms with van der Waals surface area (Å²) in [5.74, 6) is 0.872. The average molecular weight is 275 g/mol. The fraction of sp³-hybridized carbons (Fsp3) is 0.733. The van der Waals surface area contributed by atoms with Gasteiger partial charge in [0.05, 0.1) is 5.69 Å². The van der Waals surface area contributed by atoms with Crippen molar-refractivity contribution in [1.29, 1.82) is 0 Å². The molecule has 110 valence electrons. The highest BCUT2D eigenvalue weighted by Gasteiger charge is 2.23. The summed E-state index contributed by atoms with van der Waals surface area (Å²) in [6.45, 7) is 8.49. The molecular formula is C15H25N5. The average Bonchev–Trinajstić information content (AvgIpc) is 2.46. The molecule has 1 unspecified atom stereocenters. The summed E-state index contributed by atoms with van der Waals surface area (Å²) in [6.07, 6.45) is 5.31. The van der Waals surface area contributed by atoms with Crippen LogP contribution < -0.4 is 10.6 Å². The predicted octanol–water partition coefficient (Wildman–Crippen LogP) is 1.17. The number of rotatable bonds is 2. The maximum atomic E-state index is 6.05. The van der Waals surface area contributed by atoms with E-state index in [9.17, 15) is 0 Å². The minimum absolute atomic E-state index is 0.264. The first-order valence-electron chi connectivity index (χ1n) is 7.73. The van der Waals surface area contributed by atoms with Crippen LogP contribution in [0, 0.1) is 0 Å². The third-order valence-electron chi connectivity index (χ3n) is 4.42. The molecule has 1 aromatic rings. The highest BCUT2D eigenvalue weighted by atomic mass is 15.3. The van der Waals surface area contributed by atoms with Gasteiger partial charge >= 0.3 is 0 Å². The number of fused-ring (bicyclic) bond motifs is 1. The van der Waals surface area contributed by atoms with Crippen LogP contribution in [0.25, 0.3) is 0 Å². The van der Waals surface area contributed by atoms with Gasteiger partial charge in [-0.2, -0.15) is 0 Å². The molecule has 0 amide bonds. The van der Waals surface area contributed by atoms with Crippen LogP contribution in [0.15, 0.2) is 6.20 Å². The van der Waals surface area contributed by atoms with Crippen molar-refractivity contribution in [3.8, 4) is 0 Å². The summed E-state index contributed by atoms with van der Waals surface area (Å²) in [5.41, 5.74) is 8.56. The van der Waals surface area contributed by atoms with E-state index in [0.717, 1.165) is 51.4 Å². The van der Waals surface area contributed by atoms with Crippen LogP contribution in [-0.2, 0) is 13.0 Å². The summed E-state index contributed by atoms with van der Waals surface area (Å²) in [5, 5.41) is 0. The van der Waals surface area contributed by atoms with Crippen LogP contribution >= 0.6 is 0 Å². The van der Waals surface area contributed by atoms with Crippen molar-refractivity contribution in [3.63, 3.8) is 0 Å². The number of hydrogen-bond acceptors (Lipinski definition) is 5. The first-order valence-corrected chi connectivity index (χ1v) is 7.73. The van der Waals surface area contributed by atoms with Crippen molar-refractivity contribution in [2.75, 3.05) is 24.5 Å². The van der Waals surface area contributed by atoms with Crippen LogP contribution in [0.2, 0.25) is 0 Å². The zero-order chi connectivity index (χ0) is 14.1. The lowest BCUT2D eigenvalue weighted by molar-refractivity contribution is 0.201. The lowest BCUT2D eigenvalue weighted by atomic mass is 10.1. The molecule has 1 saturated heterocycles. The number of nitrogens with two attached hydrogens (primary N) is 1. The van der Waals surface area contributed by atoms with Gasteiger partial charge in [-0.05, 0) is 26.7 Å². The van der Waals surface area contributed by atoms with E-state index in [1.165, 1.54) is 11.3 Å². The minimum Gasteiger partial charge on any atom is -0.339 e. The molecule has 1 atom stereocenters. The molecule has 3 rings (SSSR count). The van der Waals surface area contributed by atoms with Gasteiger partial charge in [0.25, 0.3) is 0 Å². The van der Waals surface area contributed by atoms with Crippen molar-refractivity contribution < 1.29 is 0 Å². The van der Waals surface area contributed by atoms with Gasteiger partial charge in [0, 0.05) is 56.4 Å². The number of piperidine rings is 1. The van der Waals surface area contributed by atoms with Crippen molar-refractivity contribution in [2.24, 2.45) is 5.73 Å².